The van der Waals surface area contributed by atoms with Crippen molar-refractivity contribution in [3.8, 4) is 5.75 Å². The Morgan fingerprint density at radius 3 is 2.94 bits per heavy atom. The van der Waals surface area contributed by atoms with Crippen LogP contribution in [0, 0.1) is 10.6 Å². The highest BCUT2D eigenvalue weighted by Crippen LogP contribution is 2.46. The van der Waals surface area contributed by atoms with Crippen molar-refractivity contribution in [2.24, 2.45) is 5.41 Å². The van der Waals surface area contributed by atoms with Crippen LogP contribution in [0.1, 0.15) is 52.3 Å². The van der Waals surface area contributed by atoms with Gasteiger partial charge in [0.25, 0.3) is 5.56 Å². The monoisotopic (exact) mass is 480 g/mol. The predicted octanol–water partition coefficient (Wildman–Crippen LogP) is 1.96. The maximum atomic E-state index is 13.6. The summed E-state index contributed by atoms with van der Waals surface area (Å²) in [6.45, 7) is 3.69. The van der Waals surface area contributed by atoms with Crippen LogP contribution in [0.25, 0.3) is 0 Å². The number of hydrogen-bond acceptors (Lipinski definition) is 7. The van der Waals surface area contributed by atoms with Gasteiger partial charge < -0.3 is 24.3 Å². The fourth-order valence-corrected chi connectivity index (χ4v) is 6.55. The van der Waals surface area contributed by atoms with Crippen molar-refractivity contribution in [3.63, 3.8) is 0 Å². The number of ether oxygens (including phenoxy) is 2. The Bertz CT molecular complexity index is 1220. The van der Waals surface area contributed by atoms with E-state index >= 15 is 0 Å². The predicted molar refractivity (Wildman–Crippen MR) is 128 cm³/mol. The number of quaternary nitrogens is 1. The number of carbonyl (C=O) groups excluding carboxylic acids is 1. The molecule has 1 aliphatic carbocycles. The van der Waals surface area contributed by atoms with Crippen molar-refractivity contribution in [2.45, 2.75) is 51.3 Å². The van der Waals surface area contributed by atoms with Crippen molar-refractivity contribution >= 4 is 5.78 Å². The smallest absolute Gasteiger partial charge is 0.256 e. The quantitative estimate of drug-likeness (QED) is 0.527. The Labute approximate surface area is 204 Å². The molecule has 2 saturated heterocycles. The number of ketones is 1. The summed E-state index contributed by atoms with van der Waals surface area (Å²) in [6, 6.07) is 5.97. The zero-order valence-corrected chi connectivity index (χ0v) is 20.2. The summed E-state index contributed by atoms with van der Waals surface area (Å²) in [5.41, 5.74) is 2.78. The van der Waals surface area contributed by atoms with Gasteiger partial charge in [-0.25, -0.2) is 4.98 Å². The molecule has 2 aromatic rings. The standard InChI is InChI=1S/C26H32N4O5/c1-34-19-2-3-20-17(12-19)13-26(24(20)31)6-8-29(9-7-26)18-4-10-30(33,14-18)15-23-27-22-5-11-35-16-21(22)25(32)28-23/h2-3,12,18H,4-11,13-16H2,1H3,(H,27,28,32). The minimum atomic E-state index is -0.366. The summed E-state index contributed by atoms with van der Waals surface area (Å²) in [7, 11) is 1.65. The number of Topliss-reactive ketones (excluding diaryl/α,β-unsaturated/α-hetero) is 1. The normalized spacial score (nSPS) is 27.7. The number of nitrogens with zero attached hydrogens (tertiary/aromatic N) is 3. The number of methoxy groups -OCH3 is 1. The molecular weight excluding hydrogens is 448 g/mol. The molecule has 1 spiro atoms. The van der Waals surface area contributed by atoms with E-state index in [1.54, 1.807) is 7.11 Å². The number of hydrogen-bond donors (Lipinski definition) is 1. The van der Waals surface area contributed by atoms with Crippen LogP contribution < -0.4 is 10.3 Å². The molecule has 4 aliphatic rings. The molecule has 4 heterocycles. The van der Waals surface area contributed by atoms with Crippen LogP contribution in [0.4, 0.5) is 0 Å². The summed E-state index contributed by atoms with van der Waals surface area (Å²) in [4.78, 5) is 35.5. The maximum absolute atomic E-state index is 13.6. The Kier molecular flexibility index (Phi) is 5.56. The second-order valence-corrected chi connectivity index (χ2v) is 10.7. The van der Waals surface area contributed by atoms with E-state index in [2.05, 4.69) is 14.9 Å². The number of benzene rings is 1. The lowest BCUT2D eigenvalue weighted by Crippen LogP contribution is -2.49. The van der Waals surface area contributed by atoms with Crippen molar-refractivity contribution in [1.82, 2.24) is 14.9 Å². The molecule has 6 rings (SSSR count). The molecule has 0 radical (unpaired) electrons. The molecule has 2 unspecified atom stereocenters. The lowest BCUT2D eigenvalue weighted by Gasteiger charge is -2.42. The summed E-state index contributed by atoms with van der Waals surface area (Å²) in [5.74, 6) is 1.54. The van der Waals surface area contributed by atoms with Crippen molar-refractivity contribution in [1.29, 1.82) is 0 Å². The summed E-state index contributed by atoms with van der Waals surface area (Å²) < 4.78 is 10.3. The molecule has 0 bridgehead atoms. The third-order valence-corrected chi connectivity index (χ3v) is 8.57. The van der Waals surface area contributed by atoms with E-state index < -0.39 is 0 Å². The minimum absolute atomic E-state index is 0.187. The van der Waals surface area contributed by atoms with Gasteiger partial charge in [0.1, 0.15) is 12.3 Å². The summed E-state index contributed by atoms with van der Waals surface area (Å²) in [5, 5.41) is 13.6. The first kappa shape index (κ1) is 22.8. The van der Waals surface area contributed by atoms with Gasteiger partial charge in [-0.1, -0.05) is 0 Å². The number of aromatic nitrogens is 2. The van der Waals surface area contributed by atoms with Crippen LogP contribution in [0.5, 0.6) is 5.75 Å². The zero-order valence-electron chi connectivity index (χ0n) is 20.2. The topological polar surface area (TPSA) is 108 Å². The van der Waals surface area contributed by atoms with E-state index in [-0.39, 0.29) is 40.6 Å². The average molecular weight is 481 g/mol. The van der Waals surface area contributed by atoms with E-state index in [1.807, 2.05) is 18.2 Å². The zero-order chi connectivity index (χ0) is 24.2. The third kappa shape index (κ3) is 4.00. The number of piperidine rings is 1. The molecule has 9 heteroatoms. The average Bonchev–Trinajstić information content (AvgIpc) is 3.37. The van der Waals surface area contributed by atoms with Crippen LogP contribution in [0.2, 0.25) is 0 Å². The van der Waals surface area contributed by atoms with Gasteiger partial charge in [-0.05, 0) is 56.1 Å². The van der Waals surface area contributed by atoms with E-state index in [1.165, 1.54) is 0 Å². The van der Waals surface area contributed by atoms with Gasteiger partial charge in [-0.15, -0.1) is 0 Å². The molecule has 35 heavy (non-hydrogen) atoms. The number of H-pyrrole nitrogens is 1. The molecule has 1 N–H and O–H groups in total. The Hall–Kier alpha value is -2.59. The van der Waals surface area contributed by atoms with E-state index in [9.17, 15) is 14.8 Å². The number of fused-ring (bicyclic) bond motifs is 2. The van der Waals surface area contributed by atoms with Crippen LogP contribution >= 0.6 is 0 Å². The number of rotatable bonds is 4. The number of aromatic amines is 1. The number of carbonyl (C=O) groups is 1. The second kappa shape index (κ2) is 8.51. The van der Waals surface area contributed by atoms with Gasteiger partial charge in [0, 0.05) is 23.8 Å². The SMILES string of the molecule is COc1ccc2c(c1)CC1(CCN(C3CC[N+]([O-])(Cc4nc5c(c(=O)[nH]4)COCC5)C3)CC1)C2=O. The highest BCUT2D eigenvalue weighted by molar-refractivity contribution is 6.05. The fourth-order valence-electron chi connectivity index (χ4n) is 6.55. The number of likely N-dealkylation sites (tertiary alicyclic amines) is 2. The third-order valence-electron chi connectivity index (χ3n) is 8.57. The lowest BCUT2D eigenvalue weighted by molar-refractivity contribution is -0.883. The number of hydroxylamine groups is 3. The minimum Gasteiger partial charge on any atom is -0.632 e. The lowest BCUT2D eigenvalue weighted by atomic mass is 9.75. The van der Waals surface area contributed by atoms with Crippen LogP contribution in [-0.2, 0) is 30.7 Å². The highest BCUT2D eigenvalue weighted by atomic mass is 16.5. The number of nitrogens with one attached hydrogen (secondary N) is 1. The fraction of sp³-hybridized carbons (Fsp3) is 0.577. The van der Waals surface area contributed by atoms with Crippen molar-refractivity contribution < 1.29 is 18.9 Å². The van der Waals surface area contributed by atoms with E-state index in [0.29, 0.717) is 37.5 Å². The molecule has 1 aromatic heterocycles. The van der Waals surface area contributed by atoms with Crippen molar-refractivity contribution in [3.05, 3.63) is 62.0 Å². The van der Waals surface area contributed by atoms with Gasteiger partial charge in [0.2, 0.25) is 0 Å². The Balaban J connectivity index is 1.10. The van der Waals surface area contributed by atoms with E-state index in [0.717, 1.165) is 61.3 Å². The van der Waals surface area contributed by atoms with Crippen molar-refractivity contribution in [2.75, 3.05) is 39.9 Å². The Morgan fingerprint density at radius 1 is 1.31 bits per heavy atom. The molecular formula is C26H32N4O5. The largest absolute Gasteiger partial charge is 0.632 e. The Morgan fingerprint density at radius 2 is 2.14 bits per heavy atom. The van der Waals surface area contributed by atoms with Gasteiger partial charge >= 0.3 is 0 Å². The van der Waals surface area contributed by atoms with Gasteiger partial charge in [0.15, 0.2) is 11.6 Å². The molecule has 3 aliphatic heterocycles. The highest BCUT2D eigenvalue weighted by Gasteiger charge is 2.48. The van der Waals surface area contributed by atoms with E-state index in [4.69, 9.17) is 9.47 Å². The molecule has 2 fully saturated rings. The first-order valence-electron chi connectivity index (χ1n) is 12.6. The van der Waals surface area contributed by atoms with Crippen LogP contribution in [-0.4, -0.2) is 71.2 Å². The van der Waals surface area contributed by atoms with Crippen LogP contribution in [0.15, 0.2) is 23.0 Å². The first-order chi connectivity index (χ1) is 16.9. The molecule has 0 saturated carbocycles. The molecule has 186 valence electrons. The summed E-state index contributed by atoms with van der Waals surface area (Å²) >= 11 is 0. The molecule has 1 aromatic carbocycles. The molecule has 0 amide bonds. The van der Waals surface area contributed by atoms with Gasteiger partial charge in [-0.2, -0.15) is 0 Å². The van der Waals surface area contributed by atoms with Crippen LogP contribution in [0.3, 0.4) is 0 Å². The summed E-state index contributed by atoms with van der Waals surface area (Å²) in [6.07, 6.45) is 3.85. The maximum Gasteiger partial charge on any atom is 0.256 e. The van der Waals surface area contributed by atoms with Gasteiger partial charge in [-0.3, -0.25) is 14.5 Å². The molecule has 2 atom stereocenters. The first-order valence-corrected chi connectivity index (χ1v) is 12.6. The molecule has 9 nitrogen and oxygen atoms in total. The van der Waals surface area contributed by atoms with Gasteiger partial charge in [0.05, 0.1) is 50.7 Å². The second-order valence-electron chi connectivity index (χ2n) is 10.7.